The lowest BCUT2D eigenvalue weighted by Gasteiger charge is -2.10. The van der Waals surface area contributed by atoms with Gasteiger partial charge in [-0.2, -0.15) is 0 Å². The third-order valence-corrected chi connectivity index (χ3v) is 2.21. The van der Waals surface area contributed by atoms with Crippen LogP contribution in [0, 0.1) is 0 Å². The summed E-state index contributed by atoms with van der Waals surface area (Å²) in [5.74, 6) is -0.0347. The second-order valence-corrected chi connectivity index (χ2v) is 4.10. The lowest BCUT2D eigenvalue weighted by Crippen LogP contribution is -2.27. The average molecular weight is 238 g/mol. The zero-order chi connectivity index (χ0) is 13.3. The van der Waals surface area contributed by atoms with Crippen molar-refractivity contribution in [2.45, 2.75) is 32.7 Å². The lowest BCUT2D eigenvalue weighted by atomic mass is 10.4. The number of carbonyl (C=O) groups is 2. The molecule has 0 saturated carbocycles. The fourth-order valence-electron chi connectivity index (χ4n) is 1.41. The Kier molecular flexibility index (Phi) is 7.76. The van der Waals surface area contributed by atoms with E-state index in [4.69, 9.17) is 0 Å². The summed E-state index contributed by atoms with van der Waals surface area (Å²) in [5.41, 5.74) is 0. The van der Waals surface area contributed by atoms with Crippen molar-refractivity contribution in [2.24, 2.45) is 0 Å². The number of nitrogens with zero attached hydrogens (tertiary/aromatic N) is 1. The Hall–Kier alpha value is -1.58. The molecule has 1 N–H and O–H groups in total. The molecule has 4 nitrogen and oxygen atoms in total. The zero-order valence-corrected chi connectivity index (χ0v) is 10.7. The topological polar surface area (TPSA) is 49.4 Å². The van der Waals surface area contributed by atoms with E-state index in [2.05, 4.69) is 18.5 Å². The molecule has 4 heteroatoms. The van der Waals surface area contributed by atoms with Crippen LogP contribution >= 0.6 is 0 Å². The molecule has 1 heterocycles. The second kappa shape index (κ2) is 8.56. The van der Waals surface area contributed by atoms with Gasteiger partial charge in [-0.1, -0.05) is 13.2 Å². The van der Waals surface area contributed by atoms with Crippen molar-refractivity contribution in [2.75, 3.05) is 13.1 Å². The van der Waals surface area contributed by atoms with Crippen molar-refractivity contribution in [3.8, 4) is 0 Å². The SMILES string of the molecule is C=CC(=O)N1CCCC1.C=CC(=O)NC(C)C. The summed E-state index contributed by atoms with van der Waals surface area (Å²) in [4.78, 5) is 23.0. The second-order valence-electron chi connectivity index (χ2n) is 4.10. The van der Waals surface area contributed by atoms with Gasteiger partial charge in [0.05, 0.1) is 0 Å². The number of likely N-dealkylation sites (tertiary alicyclic amines) is 1. The van der Waals surface area contributed by atoms with Gasteiger partial charge in [0.2, 0.25) is 11.8 Å². The summed E-state index contributed by atoms with van der Waals surface area (Å²) in [6.45, 7) is 12.4. The van der Waals surface area contributed by atoms with Crippen LogP contribution in [0.15, 0.2) is 25.3 Å². The first-order valence-corrected chi connectivity index (χ1v) is 5.85. The van der Waals surface area contributed by atoms with Crippen molar-refractivity contribution in [1.29, 1.82) is 0 Å². The van der Waals surface area contributed by atoms with E-state index in [-0.39, 0.29) is 17.9 Å². The predicted molar refractivity (Wildman–Crippen MR) is 69.5 cm³/mol. The molecule has 0 radical (unpaired) electrons. The van der Waals surface area contributed by atoms with Crippen LogP contribution < -0.4 is 5.32 Å². The summed E-state index contributed by atoms with van der Waals surface area (Å²) < 4.78 is 0. The third kappa shape index (κ3) is 7.33. The number of rotatable bonds is 3. The van der Waals surface area contributed by atoms with E-state index in [1.807, 2.05) is 18.7 Å². The van der Waals surface area contributed by atoms with Crippen molar-refractivity contribution in [3.05, 3.63) is 25.3 Å². The van der Waals surface area contributed by atoms with Gasteiger partial charge in [-0.3, -0.25) is 9.59 Å². The van der Waals surface area contributed by atoms with Crippen molar-refractivity contribution < 1.29 is 9.59 Å². The quantitative estimate of drug-likeness (QED) is 0.757. The molecule has 0 spiro atoms. The van der Waals surface area contributed by atoms with Crippen LogP contribution in [0.4, 0.5) is 0 Å². The zero-order valence-electron chi connectivity index (χ0n) is 10.7. The average Bonchev–Trinajstić information content (AvgIpc) is 2.81. The molecule has 0 unspecified atom stereocenters. The first kappa shape index (κ1) is 15.4. The summed E-state index contributed by atoms with van der Waals surface area (Å²) in [6.07, 6.45) is 4.95. The summed E-state index contributed by atoms with van der Waals surface area (Å²) in [5, 5.41) is 2.64. The van der Waals surface area contributed by atoms with Crippen LogP contribution in [0.5, 0.6) is 0 Å². The van der Waals surface area contributed by atoms with E-state index >= 15 is 0 Å². The van der Waals surface area contributed by atoms with Crippen LogP contribution in [0.2, 0.25) is 0 Å². The number of amides is 2. The fraction of sp³-hybridized carbons (Fsp3) is 0.538. The lowest BCUT2D eigenvalue weighted by molar-refractivity contribution is -0.125. The van der Waals surface area contributed by atoms with Gasteiger partial charge in [0.25, 0.3) is 0 Å². The van der Waals surface area contributed by atoms with Crippen LogP contribution in [-0.4, -0.2) is 35.8 Å². The van der Waals surface area contributed by atoms with Gasteiger partial charge in [-0.05, 0) is 38.8 Å². The Labute approximate surface area is 103 Å². The van der Waals surface area contributed by atoms with E-state index in [9.17, 15) is 9.59 Å². The number of hydrogen-bond donors (Lipinski definition) is 1. The minimum Gasteiger partial charge on any atom is -0.350 e. The molecule has 2 amide bonds. The normalized spacial score (nSPS) is 13.7. The maximum atomic E-state index is 10.8. The number of hydrogen-bond acceptors (Lipinski definition) is 2. The highest BCUT2D eigenvalue weighted by Crippen LogP contribution is 2.06. The van der Waals surface area contributed by atoms with Gasteiger partial charge in [0, 0.05) is 19.1 Å². The third-order valence-electron chi connectivity index (χ3n) is 2.21. The highest BCUT2D eigenvalue weighted by molar-refractivity contribution is 5.87. The predicted octanol–water partition coefficient (Wildman–Crippen LogP) is 1.49. The molecule has 0 aromatic heterocycles. The number of nitrogens with one attached hydrogen (secondary N) is 1. The Morgan fingerprint density at radius 1 is 1.18 bits per heavy atom. The maximum Gasteiger partial charge on any atom is 0.245 e. The smallest absolute Gasteiger partial charge is 0.245 e. The molecule has 0 bridgehead atoms. The van der Waals surface area contributed by atoms with Crippen molar-refractivity contribution in [3.63, 3.8) is 0 Å². The van der Waals surface area contributed by atoms with Crippen molar-refractivity contribution in [1.82, 2.24) is 10.2 Å². The van der Waals surface area contributed by atoms with E-state index < -0.39 is 0 Å². The molecule has 0 aromatic carbocycles. The van der Waals surface area contributed by atoms with Gasteiger partial charge in [-0.15, -0.1) is 0 Å². The largest absolute Gasteiger partial charge is 0.350 e. The van der Waals surface area contributed by atoms with Crippen LogP contribution in [0.25, 0.3) is 0 Å². The summed E-state index contributed by atoms with van der Waals surface area (Å²) in [7, 11) is 0. The highest BCUT2D eigenvalue weighted by atomic mass is 16.2. The molecule has 1 rings (SSSR count). The minimum absolute atomic E-state index is 0.0764. The summed E-state index contributed by atoms with van der Waals surface area (Å²) in [6, 6.07) is 0.209. The minimum atomic E-state index is -0.111. The van der Waals surface area contributed by atoms with Gasteiger partial charge < -0.3 is 10.2 Å². The molecular formula is C13H22N2O2. The summed E-state index contributed by atoms with van der Waals surface area (Å²) >= 11 is 0. The Balaban J connectivity index is 0.000000304. The fourth-order valence-corrected chi connectivity index (χ4v) is 1.41. The molecule has 0 atom stereocenters. The first-order chi connectivity index (χ1) is 8.01. The van der Waals surface area contributed by atoms with Gasteiger partial charge in [0.15, 0.2) is 0 Å². The Morgan fingerprint density at radius 2 is 1.71 bits per heavy atom. The van der Waals surface area contributed by atoms with Crippen LogP contribution in [0.1, 0.15) is 26.7 Å². The molecular weight excluding hydrogens is 216 g/mol. The highest BCUT2D eigenvalue weighted by Gasteiger charge is 2.13. The van der Waals surface area contributed by atoms with Crippen LogP contribution in [0.3, 0.4) is 0 Å². The monoisotopic (exact) mass is 238 g/mol. The van der Waals surface area contributed by atoms with E-state index in [1.165, 1.54) is 12.2 Å². The van der Waals surface area contributed by atoms with E-state index in [0.717, 1.165) is 25.9 Å². The van der Waals surface area contributed by atoms with Crippen molar-refractivity contribution >= 4 is 11.8 Å². The Morgan fingerprint density at radius 3 is 2.00 bits per heavy atom. The van der Waals surface area contributed by atoms with Gasteiger partial charge in [0.1, 0.15) is 0 Å². The molecule has 1 fully saturated rings. The van der Waals surface area contributed by atoms with Gasteiger partial charge in [-0.25, -0.2) is 0 Å². The molecule has 96 valence electrons. The first-order valence-electron chi connectivity index (χ1n) is 5.85. The van der Waals surface area contributed by atoms with Gasteiger partial charge >= 0.3 is 0 Å². The molecule has 1 aliphatic heterocycles. The van der Waals surface area contributed by atoms with E-state index in [0.29, 0.717) is 0 Å². The Bertz CT molecular complexity index is 279. The molecule has 17 heavy (non-hydrogen) atoms. The number of carbonyl (C=O) groups excluding carboxylic acids is 2. The molecule has 1 saturated heterocycles. The molecule has 0 aromatic rings. The molecule has 1 aliphatic rings. The molecule has 0 aliphatic carbocycles. The van der Waals surface area contributed by atoms with Crippen LogP contribution in [-0.2, 0) is 9.59 Å². The van der Waals surface area contributed by atoms with E-state index in [1.54, 1.807) is 0 Å². The standard InChI is InChI=1S/C7H11NO.C6H11NO/c1-2-7(9)8-5-3-4-6-8;1-4-6(8)7-5(2)3/h2H,1,3-6H2;4-5H,1H2,2-3H3,(H,7,8). The maximum absolute atomic E-state index is 10.8.